The number of nitrogen functional groups attached to an aromatic ring is 1. The van der Waals surface area contributed by atoms with Crippen LogP contribution in [0, 0.1) is 0 Å². The van der Waals surface area contributed by atoms with E-state index in [0.29, 0.717) is 6.04 Å². The molecule has 0 spiro atoms. The number of nitrogens with one attached hydrogen (secondary N) is 2. The fraction of sp³-hybridized carbons (Fsp3) is 0.300. The zero-order chi connectivity index (χ0) is 17.4. The third kappa shape index (κ3) is 5.72. The molecule has 1 atom stereocenters. The van der Waals surface area contributed by atoms with E-state index in [2.05, 4.69) is 61.1 Å². The maximum Gasteiger partial charge on any atom is 0.101 e. The van der Waals surface area contributed by atoms with Gasteiger partial charge in [0.15, 0.2) is 0 Å². The van der Waals surface area contributed by atoms with Gasteiger partial charge in [0.2, 0.25) is 0 Å². The molecule has 4 N–H and O–H groups in total. The third-order valence-corrected chi connectivity index (χ3v) is 3.57. The Morgan fingerprint density at radius 2 is 1.75 bits per heavy atom. The molecule has 24 heavy (non-hydrogen) atoms. The largest absolute Gasteiger partial charge is 0.397 e. The lowest BCUT2D eigenvalue weighted by Gasteiger charge is -2.16. The molecule has 0 saturated carbocycles. The van der Waals surface area contributed by atoms with Crippen molar-refractivity contribution in [3.8, 4) is 0 Å². The second-order valence-corrected chi connectivity index (χ2v) is 6.07. The van der Waals surface area contributed by atoms with Crippen molar-refractivity contribution in [2.45, 2.75) is 32.9 Å². The number of para-hydroxylation sites is 2. The lowest BCUT2D eigenvalue weighted by molar-refractivity contribution is -0.0304. The van der Waals surface area contributed by atoms with Gasteiger partial charge in [-0.1, -0.05) is 48.6 Å². The molecule has 4 heteroatoms. The van der Waals surface area contributed by atoms with E-state index in [9.17, 15) is 0 Å². The van der Waals surface area contributed by atoms with Crippen molar-refractivity contribution in [2.24, 2.45) is 0 Å². The topological polar surface area (TPSA) is 59.3 Å². The minimum Gasteiger partial charge on any atom is -0.397 e. The van der Waals surface area contributed by atoms with Gasteiger partial charge in [0.05, 0.1) is 11.4 Å². The molecule has 128 valence electrons. The number of hydrogen-bond acceptors (Lipinski definition) is 4. The number of benzene rings is 2. The molecule has 0 aliphatic carbocycles. The van der Waals surface area contributed by atoms with E-state index in [1.165, 1.54) is 0 Å². The molecule has 0 saturated heterocycles. The Balaban J connectivity index is 1.84. The Labute approximate surface area is 144 Å². The minimum absolute atomic E-state index is 0.0214. The molecule has 2 aromatic rings. The highest BCUT2D eigenvalue weighted by Crippen LogP contribution is 2.18. The first-order valence-electron chi connectivity index (χ1n) is 8.32. The molecule has 2 rings (SSSR count). The quantitative estimate of drug-likeness (QED) is 0.498. The van der Waals surface area contributed by atoms with Crippen LogP contribution in [0.3, 0.4) is 0 Å². The van der Waals surface area contributed by atoms with Crippen LogP contribution in [-0.2, 0) is 4.84 Å². The summed E-state index contributed by atoms with van der Waals surface area (Å²) in [4.78, 5) is 5.60. The van der Waals surface area contributed by atoms with Crippen molar-refractivity contribution >= 4 is 17.5 Å². The van der Waals surface area contributed by atoms with E-state index in [-0.39, 0.29) is 6.10 Å². The van der Waals surface area contributed by atoms with E-state index in [1.54, 1.807) is 0 Å². The van der Waals surface area contributed by atoms with Crippen molar-refractivity contribution in [3.63, 3.8) is 0 Å². The predicted molar refractivity (Wildman–Crippen MR) is 103 cm³/mol. The predicted octanol–water partition coefficient (Wildman–Crippen LogP) is 4.38. The first kappa shape index (κ1) is 18.0. The summed E-state index contributed by atoms with van der Waals surface area (Å²) in [6.45, 7) is 6.87. The maximum atomic E-state index is 5.90. The fourth-order valence-electron chi connectivity index (χ4n) is 2.21. The molecule has 0 aliphatic rings. The van der Waals surface area contributed by atoms with Crippen LogP contribution in [0.1, 0.15) is 38.0 Å². The number of rotatable bonds is 8. The molecule has 4 nitrogen and oxygen atoms in total. The summed E-state index contributed by atoms with van der Waals surface area (Å²) in [6, 6.07) is 16.4. The van der Waals surface area contributed by atoms with Crippen molar-refractivity contribution < 1.29 is 4.84 Å². The van der Waals surface area contributed by atoms with Crippen LogP contribution < -0.4 is 16.5 Å². The number of anilines is 2. The van der Waals surface area contributed by atoms with Crippen LogP contribution in [0.2, 0.25) is 0 Å². The molecule has 0 radical (unpaired) electrons. The van der Waals surface area contributed by atoms with Gasteiger partial charge in [0, 0.05) is 12.6 Å². The molecule has 2 aromatic carbocycles. The highest BCUT2D eigenvalue weighted by atomic mass is 16.7. The highest BCUT2D eigenvalue weighted by Gasteiger charge is 2.06. The average Bonchev–Trinajstić information content (AvgIpc) is 2.58. The van der Waals surface area contributed by atoms with Crippen LogP contribution in [0.4, 0.5) is 11.4 Å². The van der Waals surface area contributed by atoms with Gasteiger partial charge in [0.1, 0.15) is 6.10 Å². The molecular weight excluding hydrogens is 298 g/mol. The Morgan fingerprint density at radius 3 is 2.42 bits per heavy atom. The zero-order valence-electron chi connectivity index (χ0n) is 14.6. The SMILES string of the molecule is CC(C)NOC(C)c1ccc(/C=C/CNc2ccccc2N)cc1. The minimum atomic E-state index is 0.0214. The molecule has 0 bridgehead atoms. The molecule has 1 unspecified atom stereocenters. The van der Waals surface area contributed by atoms with Gasteiger partial charge in [-0.15, -0.1) is 0 Å². The number of hydroxylamine groups is 1. The average molecular weight is 325 g/mol. The van der Waals surface area contributed by atoms with Gasteiger partial charge >= 0.3 is 0 Å². The fourth-order valence-corrected chi connectivity index (χ4v) is 2.21. The van der Waals surface area contributed by atoms with E-state index in [4.69, 9.17) is 10.6 Å². The zero-order valence-corrected chi connectivity index (χ0v) is 14.6. The molecule has 0 fully saturated rings. The van der Waals surface area contributed by atoms with Gasteiger partial charge in [-0.2, -0.15) is 5.48 Å². The van der Waals surface area contributed by atoms with Gasteiger partial charge in [-0.25, -0.2) is 0 Å². The summed E-state index contributed by atoms with van der Waals surface area (Å²) < 4.78 is 0. The first-order valence-corrected chi connectivity index (χ1v) is 8.32. The number of hydrogen-bond donors (Lipinski definition) is 3. The summed E-state index contributed by atoms with van der Waals surface area (Å²) >= 11 is 0. The second-order valence-electron chi connectivity index (χ2n) is 6.07. The molecule has 0 aromatic heterocycles. The molecule has 0 heterocycles. The van der Waals surface area contributed by atoms with Gasteiger partial charge in [-0.05, 0) is 44.0 Å². The third-order valence-electron chi connectivity index (χ3n) is 3.57. The van der Waals surface area contributed by atoms with Gasteiger partial charge in [0.25, 0.3) is 0 Å². The summed E-state index contributed by atoms with van der Waals surface area (Å²) in [7, 11) is 0. The van der Waals surface area contributed by atoms with Gasteiger partial charge in [-0.3, -0.25) is 4.84 Å². The van der Waals surface area contributed by atoms with E-state index < -0.39 is 0 Å². The highest BCUT2D eigenvalue weighted by molar-refractivity contribution is 5.66. The van der Waals surface area contributed by atoms with E-state index >= 15 is 0 Å². The normalized spacial score (nSPS) is 12.7. The van der Waals surface area contributed by atoms with Crippen LogP contribution in [0.25, 0.3) is 6.08 Å². The van der Waals surface area contributed by atoms with E-state index in [0.717, 1.165) is 29.0 Å². The second kappa shape index (κ2) is 9.11. The van der Waals surface area contributed by atoms with Crippen molar-refractivity contribution in [3.05, 3.63) is 65.7 Å². The van der Waals surface area contributed by atoms with Crippen LogP contribution in [0.5, 0.6) is 0 Å². The summed E-state index contributed by atoms with van der Waals surface area (Å²) in [5, 5.41) is 3.30. The van der Waals surface area contributed by atoms with Crippen LogP contribution in [0.15, 0.2) is 54.6 Å². The Hall–Kier alpha value is -2.30. The van der Waals surface area contributed by atoms with Crippen molar-refractivity contribution in [2.75, 3.05) is 17.6 Å². The Kier molecular flexibility index (Phi) is 6.85. The summed E-state index contributed by atoms with van der Waals surface area (Å²) in [5.74, 6) is 0. The lowest BCUT2D eigenvalue weighted by Crippen LogP contribution is -2.24. The molecule has 0 amide bonds. The Bertz CT molecular complexity index is 650. The smallest absolute Gasteiger partial charge is 0.101 e. The van der Waals surface area contributed by atoms with Crippen LogP contribution >= 0.6 is 0 Å². The van der Waals surface area contributed by atoms with Crippen molar-refractivity contribution in [1.82, 2.24) is 5.48 Å². The molecule has 0 aliphatic heterocycles. The summed E-state index contributed by atoms with van der Waals surface area (Å²) in [6.07, 6.45) is 4.20. The van der Waals surface area contributed by atoms with Crippen molar-refractivity contribution in [1.29, 1.82) is 0 Å². The Morgan fingerprint density at radius 1 is 1.04 bits per heavy atom. The van der Waals surface area contributed by atoms with Crippen LogP contribution in [-0.4, -0.2) is 12.6 Å². The lowest BCUT2D eigenvalue weighted by atomic mass is 10.1. The van der Waals surface area contributed by atoms with E-state index in [1.807, 2.05) is 31.2 Å². The first-order chi connectivity index (χ1) is 11.6. The molecular formula is C20H27N3O. The monoisotopic (exact) mass is 325 g/mol. The maximum absolute atomic E-state index is 5.90. The van der Waals surface area contributed by atoms with Gasteiger partial charge < -0.3 is 11.1 Å². The standard InChI is InChI=1S/C20H27N3O/c1-15(2)23-24-16(3)18-12-10-17(11-13-18)7-6-14-22-20-9-5-4-8-19(20)21/h4-13,15-16,22-23H,14,21H2,1-3H3/b7-6+. The summed E-state index contributed by atoms with van der Waals surface area (Å²) in [5.41, 5.74) is 12.9. The number of nitrogens with two attached hydrogens (primary N) is 1.